The molecule has 0 unspecified atom stereocenters. The van der Waals surface area contributed by atoms with E-state index in [-0.39, 0.29) is 0 Å². The topological polar surface area (TPSA) is 20.2 Å². The van der Waals surface area contributed by atoms with Crippen molar-refractivity contribution in [3.8, 4) is 23.0 Å². The molecule has 0 heterocycles. The Balaban J connectivity index is 1.93. The van der Waals surface area contributed by atoms with Crippen LogP contribution >= 0.6 is 0 Å². The predicted molar refractivity (Wildman–Crippen MR) is 88.2 cm³/mol. The van der Waals surface area contributed by atoms with Crippen LogP contribution in [0.3, 0.4) is 0 Å². The van der Waals surface area contributed by atoms with Gasteiger partial charge in [0.15, 0.2) is 5.60 Å². The molecule has 0 radical (unpaired) electrons. The van der Waals surface area contributed by atoms with Gasteiger partial charge in [-0.25, -0.2) is 0 Å². The van der Waals surface area contributed by atoms with E-state index in [2.05, 4.69) is 11.8 Å². The molecule has 0 spiro atoms. The second kappa shape index (κ2) is 4.87. The van der Waals surface area contributed by atoms with Crippen molar-refractivity contribution in [3.05, 3.63) is 95.6 Å². The summed E-state index contributed by atoms with van der Waals surface area (Å²) in [5.41, 5.74) is 3.49. The van der Waals surface area contributed by atoms with E-state index in [0.717, 1.165) is 27.8 Å². The lowest BCUT2D eigenvalue weighted by Crippen LogP contribution is -2.22. The molecule has 104 valence electrons. The Morgan fingerprint density at radius 1 is 0.636 bits per heavy atom. The summed E-state index contributed by atoms with van der Waals surface area (Å²) in [6.07, 6.45) is 0. The Morgan fingerprint density at radius 2 is 1.14 bits per heavy atom. The van der Waals surface area contributed by atoms with Gasteiger partial charge in [0.1, 0.15) is 0 Å². The molecular weight excluding hydrogens is 268 g/mol. The predicted octanol–water partition coefficient (Wildman–Crippen LogP) is 3.95. The summed E-state index contributed by atoms with van der Waals surface area (Å²) < 4.78 is 0. The lowest BCUT2D eigenvalue weighted by atomic mass is 9.92. The molecule has 22 heavy (non-hydrogen) atoms. The zero-order valence-corrected chi connectivity index (χ0v) is 12.0. The molecule has 0 saturated heterocycles. The van der Waals surface area contributed by atoms with Crippen LogP contribution in [0, 0.1) is 11.8 Å². The zero-order chi connectivity index (χ0) is 15.0. The monoisotopic (exact) mass is 282 g/mol. The first-order valence-corrected chi connectivity index (χ1v) is 7.29. The van der Waals surface area contributed by atoms with Gasteiger partial charge in [0.2, 0.25) is 0 Å². The fraction of sp³-hybridized carbons (Fsp3) is 0.0476. The van der Waals surface area contributed by atoms with E-state index in [9.17, 15) is 5.11 Å². The molecule has 0 fully saturated rings. The van der Waals surface area contributed by atoms with E-state index in [4.69, 9.17) is 0 Å². The van der Waals surface area contributed by atoms with Crippen molar-refractivity contribution < 1.29 is 5.11 Å². The third kappa shape index (κ3) is 1.86. The van der Waals surface area contributed by atoms with Crippen molar-refractivity contribution in [2.75, 3.05) is 0 Å². The first-order valence-electron chi connectivity index (χ1n) is 7.29. The minimum atomic E-state index is -1.25. The maximum absolute atomic E-state index is 11.3. The highest BCUT2D eigenvalue weighted by Gasteiger charge is 2.39. The quantitative estimate of drug-likeness (QED) is 0.619. The summed E-state index contributed by atoms with van der Waals surface area (Å²) in [7, 11) is 0. The van der Waals surface area contributed by atoms with Crippen molar-refractivity contribution in [1.29, 1.82) is 0 Å². The molecule has 4 rings (SSSR count). The standard InChI is InChI=1S/C21H14O/c22-21(15-14-16-8-2-1-3-9-16)19-12-6-4-10-17(19)18-11-5-7-13-20(18)21/h1-13,22H. The van der Waals surface area contributed by atoms with E-state index in [1.165, 1.54) is 0 Å². The molecule has 0 bridgehead atoms. The maximum Gasteiger partial charge on any atom is 0.178 e. The zero-order valence-electron chi connectivity index (χ0n) is 12.0. The molecule has 1 nitrogen and oxygen atoms in total. The van der Waals surface area contributed by atoms with Crippen LogP contribution in [0.4, 0.5) is 0 Å². The molecule has 0 amide bonds. The largest absolute Gasteiger partial charge is 0.369 e. The highest BCUT2D eigenvalue weighted by Crippen LogP contribution is 2.46. The van der Waals surface area contributed by atoms with Crippen molar-refractivity contribution in [2.45, 2.75) is 5.60 Å². The molecule has 0 atom stereocenters. The van der Waals surface area contributed by atoms with Crippen molar-refractivity contribution in [1.82, 2.24) is 0 Å². The molecule has 1 heteroatoms. The highest BCUT2D eigenvalue weighted by molar-refractivity contribution is 5.82. The Morgan fingerprint density at radius 3 is 1.73 bits per heavy atom. The molecule has 3 aromatic carbocycles. The molecular formula is C21H14O. The van der Waals surface area contributed by atoms with Crippen LogP contribution in [0.25, 0.3) is 11.1 Å². The summed E-state index contributed by atoms with van der Waals surface area (Å²) in [5.74, 6) is 6.20. The summed E-state index contributed by atoms with van der Waals surface area (Å²) in [5, 5.41) is 11.3. The normalized spacial score (nSPS) is 13.7. The van der Waals surface area contributed by atoms with Crippen molar-refractivity contribution in [3.63, 3.8) is 0 Å². The molecule has 1 aliphatic rings. The Kier molecular flexibility index (Phi) is 2.85. The van der Waals surface area contributed by atoms with Gasteiger partial charge in [-0.15, -0.1) is 0 Å². The summed E-state index contributed by atoms with van der Waals surface area (Å²) in [6, 6.07) is 25.6. The highest BCUT2D eigenvalue weighted by atomic mass is 16.3. The van der Waals surface area contributed by atoms with Crippen LogP contribution in [0.1, 0.15) is 16.7 Å². The number of rotatable bonds is 0. The third-order valence-electron chi connectivity index (χ3n) is 4.09. The molecule has 0 aromatic heterocycles. The van der Waals surface area contributed by atoms with Gasteiger partial charge in [0.25, 0.3) is 0 Å². The van der Waals surface area contributed by atoms with Crippen LogP contribution < -0.4 is 0 Å². The number of aliphatic hydroxyl groups is 1. The van der Waals surface area contributed by atoms with Crippen molar-refractivity contribution in [2.24, 2.45) is 0 Å². The van der Waals surface area contributed by atoms with Gasteiger partial charge in [0, 0.05) is 16.7 Å². The van der Waals surface area contributed by atoms with Crippen LogP contribution in [0.15, 0.2) is 78.9 Å². The smallest absolute Gasteiger partial charge is 0.178 e. The van der Waals surface area contributed by atoms with Gasteiger partial charge in [-0.3, -0.25) is 0 Å². The fourth-order valence-corrected chi connectivity index (χ4v) is 3.03. The first-order chi connectivity index (χ1) is 10.8. The van der Waals surface area contributed by atoms with Gasteiger partial charge in [-0.2, -0.15) is 0 Å². The number of hydrogen-bond acceptors (Lipinski definition) is 1. The average Bonchev–Trinajstić information content (AvgIpc) is 2.85. The van der Waals surface area contributed by atoms with Gasteiger partial charge >= 0.3 is 0 Å². The summed E-state index contributed by atoms with van der Waals surface area (Å²) >= 11 is 0. The van der Waals surface area contributed by atoms with Crippen LogP contribution in [-0.4, -0.2) is 5.11 Å². The lowest BCUT2D eigenvalue weighted by molar-refractivity contribution is 0.150. The maximum atomic E-state index is 11.3. The van der Waals surface area contributed by atoms with E-state index < -0.39 is 5.60 Å². The van der Waals surface area contributed by atoms with E-state index >= 15 is 0 Å². The molecule has 0 aliphatic heterocycles. The number of hydrogen-bond donors (Lipinski definition) is 1. The van der Waals surface area contributed by atoms with Gasteiger partial charge < -0.3 is 5.11 Å². The minimum Gasteiger partial charge on any atom is -0.369 e. The Hall–Kier alpha value is -2.82. The Bertz CT molecular complexity index is 852. The summed E-state index contributed by atoms with van der Waals surface area (Å²) in [6.45, 7) is 0. The summed E-state index contributed by atoms with van der Waals surface area (Å²) in [4.78, 5) is 0. The number of fused-ring (bicyclic) bond motifs is 3. The minimum absolute atomic E-state index is 0.861. The SMILES string of the molecule is OC1(C#Cc2ccccc2)c2ccccc2-c2ccccc21. The second-order valence-corrected chi connectivity index (χ2v) is 5.42. The van der Waals surface area contributed by atoms with E-state index in [1.807, 2.05) is 78.9 Å². The van der Waals surface area contributed by atoms with Gasteiger partial charge in [-0.05, 0) is 23.3 Å². The first kappa shape index (κ1) is 12.9. The van der Waals surface area contributed by atoms with Crippen molar-refractivity contribution >= 4 is 0 Å². The van der Waals surface area contributed by atoms with Gasteiger partial charge in [-0.1, -0.05) is 78.6 Å². The van der Waals surface area contributed by atoms with Crippen LogP contribution in [-0.2, 0) is 5.60 Å². The molecule has 3 aromatic rings. The van der Waals surface area contributed by atoms with Gasteiger partial charge in [0.05, 0.1) is 0 Å². The molecule has 0 saturated carbocycles. The fourth-order valence-electron chi connectivity index (χ4n) is 3.03. The van der Waals surface area contributed by atoms with Crippen LogP contribution in [0.5, 0.6) is 0 Å². The average molecular weight is 282 g/mol. The van der Waals surface area contributed by atoms with E-state index in [0.29, 0.717) is 0 Å². The lowest BCUT2D eigenvalue weighted by Gasteiger charge is -2.18. The second-order valence-electron chi connectivity index (χ2n) is 5.42. The number of benzene rings is 3. The molecule has 1 aliphatic carbocycles. The Labute approximate surface area is 129 Å². The molecule has 1 N–H and O–H groups in total. The third-order valence-corrected chi connectivity index (χ3v) is 4.09. The van der Waals surface area contributed by atoms with Crippen LogP contribution in [0.2, 0.25) is 0 Å². The van der Waals surface area contributed by atoms with E-state index in [1.54, 1.807) is 0 Å².